The number of rotatable bonds is 6. The van der Waals surface area contributed by atoms with Gasteiger partial charge in [0, 0.05) is 13.0 Å². The molecule has 0 spiro atoms. The number of nitrogens with one attached hydrogen (secondary N) is 2. The van der Waals surface area contributed by atoms with Crippen LogP contribution in [0.1, 0.15) is 33.6 Å². The molecule has 0 amide bonds. The molecule has 0 unspecified atom stereocenters. The SMILES string of the molecule is CC(=N)NC/C(C)=C(/F)CC[C@](C)(N)C(=O)O. The summed E-state index contributed by atoms with van der Waals surface area (Å²) in [7, 11) is 0. The zero-order chi connectivity index (χ0) is 13.6. The Labute approximate surface area is 100 Å². The first-order valence-electron chi connectivity index (χ1n) is 5.32. The molecule has 1 atom stereocenters. The molecule has 0 bridgehead atoms. The molecule has 0 radical (unpaired) electrons. The summed E-state index contributed by atoms with van der Waals surface area (Å²) in [6, 6.07) is 0. The third-order valence-corrected chi connectivity index (χ3v) is 2.43. The van der Waals surface area contributed by atoms with E-state index < -0.39 is 11.5 Å². The standard InChI is InChI=1S/C11H20FN3O2/c1-7(6-15-8(2)13)9(12)4-5-11(3,14)10(16)17/h4-6,14H2,1-3H3,(H2,13,15)(H,16,17)/b9-7+/t11-/m0/s1. The van der Waals surface area contributed by atoms with Gasteiger partial charge in [-0.15, -0.1) is 0 Å². The van der Waals surface area contributed by atoms with E-state index >= 15 is 0 Å². The molecule has 0 aliphatic carbocycles. The molecular weight excluding hydrogens is 225 g/mol. The van der Waals surface area contributed by atoms with Gasteiger partial charge in [0.15, 0.2) is 0 Å². The average Bonchev–Trinajstić information content (AvgIpc) is 2.22. The molecule has 0 aliphatic rings. The minimum atomic E-state index is -1.41. The summed E-state index contributed by atoms with van der Waals surface area (Å²) < 4.78 is 13.6. The Bertz CT molecular complexity index is 338. The summed E-state index contributed by atoms with van der Waals surface area (Å²) >= 11 is 0. The van der Waals surface area contributed by atoms with Crippen LogP contribution in [0, 0.1) is 5.41 Å². The van der Waals surface area contributed by atoms with Crippen LogP contribution in [0.4, 0.5) is 4.39 Å². The summed E-state index contributed by atoms with van der Waals surface area (Å²) in [6.07, 6.45) is 0.0267. The van der Waals surface area contributed by atoms with Gasteiger partial charge in [0.1, 0.15) is 11.4 Å². The van der Waals surface area contributed by atoms with Crippen molar-refractivity contribution in [2.75, 3.05) is 6.54 Å². The van der Waals surface area contributed by atoms with E-state index in [1.165, 1.54) is 6.92 Å². The normalized spacial score (nSPS) is 15.8. The van der Waals surface area contributed by atoms with Crippen molar-refractivity contribution in [1.82, 2.24) is 5.32 Å². The molecular formula is C11H20FN3O2. The Morgan fingerprint density at radius 2 is 2.06 bits per heavy atom. The van der Waals surface area contributed by atoms with E-state index in [0.717, 1.165) is 0 Å². The zero-order valence-corrected chi connectivity index (χ0v) is 10.4. The molecule has 0 rings (SSSR count). The van der Waals surface area contributed by atoms with Crippen molar-refractivity contribution in [3.05, 3.63) is 11.4 Å². The fraction of sp³-hybridized carbons (Fsp3) is 0.636. The van der Waals surface area contributed by atoms with E-state index in [4.69, 9.17) is 16.2 Å². The zero-order valence-electron chi connectivity index (χ0n) is 10.4. The van der Waals surface area contributed by atoms with E-state index in [0.29, 0.717) is 5.57 Å². The summed E-state index contributed by atoms with van der Waals surface area (Å²) in [4.78, 5) is 10.7. The molecule has 0 aromatic carbocycles. The number of amidine groups is 1. The number of aliphatic carboxylic acids is 1. The average molecular weight is 245 g/mol. The van der Waals surface area contributed by atoms with Crippen molar-refractivity contribution in [3.8, 4) is 0 Å². The maximum Gasteiger partial charge on any atom is 0.323 e. The summed E-state index contributed by atoms with van der Waals surface area (Å²) in [5.74, 6) is -1.26. The van der Waals surface area contributed by atoms with E-state index in [1.54, 1.807) is 13.8 Å². The minimum absolute atomic E-state index is 0.0101. The third kappa shape index (κ3) is 6.01. The van der Waals surface area contributed by atoms with Gasteiger partial charge in [-0.25, -0.2) is 4.39 Å². The van der Waals surface area contributed by atoms with Crippen LogP contribution in [-0.4, -0.2) is 29.0 Å². The van der Waals surface area contributed by atoms with E-state index in [9.17, 15) is 9.18 Å². The van der Waals surface area contributed by atoms with E-state index in [1.807, 2.05) is 0 Å². The molecule has 6 heteroatoms. The van der Waals surface area contributed by atoms with Gasteiger partial charge in [-0.1, -0.05) is 0 Å². The van der Waals surface area contributed by atoms with Gasteiger partial charge in [0.2, 0.25) is 0 Å². The maximum absolute atomic E-state index is 13.6. The second-order valence-corrected chi connectivity index (χ2v) is 4.39. The highest BCUT2D eigenvalue weighted by Crippen LogP contribution is 2.18. The third-order valence-electron chi connectivity index (χ3n) is 2.43. The van der Waals surface area contributed by atoms with Crippen LogP contribution in [0.5, 0.6) is 0 Å². The van der Waals surface area contributed by atoms with Crippen molar-refractivity contribution >= 4 is 11.8 Å². The molecule has 0 heterocycles. The van der Waals surface area contributed by atoms with Gasteiger partial charge in [-0.3, -0.25) is 10.2 Å². The van der Waals surface area contributed by atoms with Crippen LogP contribution < -0.4 is 11.1 Å². The Hall–Kier alpha value is -1.43. The Morgan fingerprint density at radius 1 is 1.53 bits per heavy atom. The lowest BCUT2D eigenvalue weighted by molar-refractivity contribution is -0.142. The second kappa shape index (κ2) is 6.34. The molecule has 5 N–H and O–H groups in total. The number of hydrogen-bond acceptors (Lipinski definition) is 3. The summed E-state index contributed by atoms with van der Waals surface area (Å²) in [5, 5.41) is 18.6. The van der Waals surface area contributed by atoms with Crippen molar-refractivity contribution in [3.63, 3.8) is 0 Å². The van der Waals surface area contributed by atoms with Gasteiger partial charge in [-0.2, -0.15) is 0 Å². The Kier molecular flexibility index (Phi) is 5.81. The smallest absolute Gasteiger partial charge is 0.323 e. The van der Waals surface area contributed by atoms with Crippen molar-refractivity contribution in [1.29, 1.82) is 5.41 Å². The molecule has 98 valence electrons. The quantitative estimate of drug-likeness (QED) is 0.420. The lowest BCUT2D eigenvalue weighted by Crippen LogP contribution is -2.44. The van der Waals surface area contributed by atoms with Crippen LogP contribution in [0.15, 0.2) is 11.4 Å². The van der Waals surface area contributed by atoms with E-state index in [-0.39, 0.29) is 31.0 Å². The van der Waals surface area contributed by atoms with Crippen LogP contribution in [0.25, 0.3) is 0 Å². The molecule has 17 heavy (non-hydrogen) atoms. The van der Waals surface area contributed by atoms with Gasteiger partial charge in [0.25, 0.3) is 0 Å². The van der Waals surface area contributed by atoms with Crippen LogP contribution in [0.3, 0.4) is 0 Å². The highest BCUT2D eigenvalue weighted by Gasteiger charge is 2.27. The summed E-state index contributed by atoms with van der Waals surface area (Å²) in [6.45, 7) is 4.76. The van der Waals surface area contributed by atoms with Gasteiger partial charge in [0.05, 0.1) is 5.84 Å². The lowest BCUT2D eigenvalue weighted by Gasteiger charge is -2.18. The Balaban J connectivity index is 4.33. The second-order valence-electron chi connectivity index (χ2n) is 4.39. The van der Waals surface area contributed by atoms with Crippen LogP contribution in [0.2, 0.25) is 0 Å². The number of carboxylic acid groups (broad SMARTS) is 1. The first-order valence-corrected chi connectivity index (χ1v) is 5.32. The maximum atomic E-state index is 13.6. The predicted octanol–water partition coefficient (Wildman–Crippen LogP) is 1.40. The topological polar surface area (TPSA) is 99.2 Å². The fourth-order valence-corrected chi connectivity index (χ4v) is 1.05. The van der Waals surface area contributed by atoms with E-state index in [2.05, 4.69) is 5.32 Å². The highest BCUT2D eigenvalue weighted by atomic mass is 19.1. The van der Waals surface area contributed by atoms with Crippen molar-refractivity contribution in [2.24, 2.45) is 5.73 Å². The number of halogens is 1. The monoisotopic (exact) mass is 245 g/mol. The van der Waals surface area contributed by atoms with Crippen molar-refractivity contribution < 1.29 is 14.3 Å². The molecule has 0 saturated heterocycles. The van der Waals surface area contributed by atoms with Gasteiger partial charge in [-0.05, 0) is 32.8 Å². The first-order chi connectivity index (χ1) is 7.66. The number of nitrogens with two attached hydrogens (primary N) is 1. The summed E-state index contributed by atoms with van der Waals surface area (Å²) in [5.41, 5.74) is 4.53. The predicted molar refractivity (Wildman–Crippen MR) is 64.7 cm³/mol. The minimum Gasteiger partial charge on any atom is -0.480 e. The molecule has 0 saturated carbocycles. The largest absolute Gasteiger partial charge is 0.480 e. The molecule has 0 aliphatic heterocycles. The van der Waals surface area contributed by atoms with Crippen LogP contribution >= 0.6 is 0 Å². The number of hydrogen-bond donors (Lipinski definition) is 4. The number of allylic oxidation sites excluding steroid dienone is 1. The number of carboxylic acids is 1. The molecule has 5 nitrogen and oxygen atoms in total. The Morgan fingerprint density at radius 3 is 2.47 bits per heavy atom. The molecule has 0 aromatic heterocycles. The lowest BCUT2D eigenvalue weighted by atomic mass is 9.96. The van der Waals surface area contributed by atoms with Gasteiger partial charge >= 0.3 is 5.97 Å². The molecule has 0 aromatic rings. The highest BCUT2D eigenvalue weighted by molar-refractivity contribution is 5.77. The number of carbonyl (C=O) groups is 1. The van der Waals surface area contributed by atoms with Gasteiger partial charge < -0.3 is 16.2 Å². The van der Waals surface area contributed by atoms with Crippen molar-refractivity contribution in [2.45, 2.75) is 39.2 Å². The first kappa shape index (κ1) is 15.6. The van der Waals surface area contributed by atoms with Crippen LogP contribution in [-0.2, 0) is 4.79 Å². The fourth-order valence-electron chi connectivity index (χ4n) is 1.05. The molecule has 0 fully saturated rings.